The lowest BCUT2D eigenvalue weighted by molar-refractivity contribution is -0.116. The lowest BCUT2D eigenvalue weighted by Crippen LogP contribution is -2.46. The summed E-state index contributed by atoms with van der Waals surface area (Å²) in [7, 11) is 0. The van der Waals surface area contributed by atoms with Crippen LogP contribution in [0.4, 0.5) is 10.3 Å². The van der Waals surface area contributed by atoms with Crippen LogP contribution in [0.15, 0.2) is 35.1 Å². The minimum atomic E-state index is -0.548. The van der Waals surface area contributed by atoms with Gasteiger partial charge in [0.2, 0.25) is 11.9 Å². The summed E-state index contributed by atoms with van der Waals surface area (Å²) in [4.78, 5) is 22.4. The van der Waals surface area contributed by atoms with Gasteiger partial charge in [0.15, 0.2) is 5.82 Å². The number of nitrogens with zero attached hydrogens (tertiary/aromatic N) is 3. The Hall–Kier alpha value is -1.93. The normalized spacial score (nSPS) is 17.4. The minimum absolute atomic E-state index is 0.0831. The molecule has 1 aliphatic carbocycles. The lowest BCUT2D eigenvalue weighted by atomic mass is 9.87. The highest BCUT2D eigenvalue weighted by Gasteiger charge is 2.50. The van der Waals surface area contributed by atoms with Gasteiger partial charge in [0, 0.05) is 22.0 Å². The molecule has 25 heavy (non-hydrogen) atoms. The molecular weight excluding hydrogens is 407 g/mol. The molecular formula is C17H14BrFN4OS. The van der Waals surface area contributed by atoms with Crippen LogP contribution in [0.3, 0.4) is 0 Å². The van der Waals surface area contributed by atoms with E-state index in [2.05, 4.69) is 37.3 Å². The maximum absolute atomic E-state index is 12.8. The monoisotopic (exact) mass is 420 g/mol. The highest BCUT2D eigenvalue weighted by Crippen LogP contribution is 2.52. The minimum Gasteiger partial charge on any atom is -0.352 e. The van der Waals surface area contributed by atoms with E-state index in [1.807, 2.05) is 17.0 Å². The molecule has 1 aromatic heterocycles. The smallest absolute Gasteiger partial charge is 0.246 e. The van der Waals surface area contributed by atoms with Crippen LogP contribution in [-0.2, 0) is 10.2 Å². The summed E-state index contributed by atoms with van der Waals surface area (Å²) in [6, 6.07) is 6.12. The second kappa shape index (κ2) is 6.10. The molecule has 0 atom stereocenters. The number of hydrogen-bond acceptors (Lipinski definition) is 4. The van der Waals surface area contributed by atoms with Crippen molar-refractivity contribution in [2.24, 2.45) is 0 Å². The standard InChI is InChI=1S/C17H14BrFN4OS/c18-10-1-2-12-13(5-10)17(3-4-17)9-23(15(12)25)8-14(24)22-16-20-6-11(19)7-21-16/h1-2,5-7H,3-4,8-9H2,(H,20,21,22,24). The van der Waals surface area contributed by atoms with E-state index in [1.54, 1.807) is 0 Å². The number of carbonyl (C=O) groups is 1. The van der Waals surface area contributed by atoms with Crippen LogP contribution in [0.25, 0.3) is 0 Å². The number of halogens is 2. The molecule has 1 N–H and O–H groups in total. The zero-order chi connectivity index (χ0) is 17.6. The Balaban J connectivity index is 1.52. The first kappa shape index (κ1) is 16.5. The molecule has 1 saturated carbocycles. The van der Waals surface area contributed by atoms with Gasteiger partial charge in [-0.3, -0.25) is 10.1 Å². The summed E-state index contributed by atoms with van der Waals surface area (Å²) >= 11 is 9.13. The summed E-state index contributed by atoms with van der Waals surface area (Å²) in [5.41, 5.74) is 2.38. The molecule has 8 heteroatoms. The third kappa shape index (κ3) is 3.16. The average molecular weight is 421 g/mol. The molecule has 0 unspecified atom stereocenters. The SMILES string of the molecule is O=C(CN1CC2(CC2)c2cc(Br)ccc2C1=S)Nc1ncc(F)cn1. The van der Waals surface area contributed by atoms with Crippen LogP contribution in [0.1, 0.15) is 24.0 Å². The second-order valence-electron chi connectivity index (χ2n) is 6.40. The Morgan fingerprint density at radius 3 is 2.76 bits per heavy atom. The second-order valence-corrected chi connectivity index (χ2v) is 7.71. The molecule has 1 aliphatic heterocycles. The summed E-state index contributed by atoms with van der Waals surface area (Å²) in [6.07, 6.45) is 4.22. The van der Waals surface area contributed by atoms with Crippen molar-refractivity contribution in [2.75, 3.05) is 18.4 Å². The van der Waals surface area contributed by atoms with E-state index in [4.69, 9.17) is 12.2 Å². The fourth-order valence-electron chi connectivity index (χ4n) is 3.25. The number of benzene rings is 1. The molecule has 1 aromatic carbocycles. The topological polar surface area (TPSA) is 58.1 Å². The Kier molecular flexibility index (Phi) is 4.04. The summed E-state index contributed by atoms with van der Waals surface area (Å²) in [5, 5.41) is 2.58. The first-order valence-electron chi connectivity index (χ1n) is 7.84. The summed E-state index contributed by atoms with van der Waals surface area (Å²) in [5.74, 6) is -0.737. The Morgan fingerprint density at radius 1 is 1.36 bits per heavy atom. The molecule has 128 valence electrons. The van der Waals surface area contributed by atoms with Crippen molar-refractivity contribution in [3.8, 4) is 0 Å². The first-order chi connectivity index (χ1) is 12.0. The molecule has 1 fully saturated rings. The zero-order valence-electron chi connectivity index (χ0n) is 13.1. The predicted octanol–water partition coefficient (Wildman–Crippen LogP) is 3.04. The third-order valence-corrected chi connectivity index (χ3v) is 5.60. The fraction of sp³-hybridized carbons (Fsp3) is 0.294. The van der Waals surface area contributed by atoms with Crippen LogP contribution >= 0.6 is 28.1 Å². The third-order valence-electron chi connectivity index (χ3n) is 4.62. The van der Waals surface area contributed by atoms with E-state index in [0.717, 1.165) is 41.8 Å². The zero-order valence-corrected chi connectivity index (χ0v) is 15.5. The van der Waals surface area contributed by atoms with Gasteiger partial charge in [-0.2, -0.15) is 0 Å². The molecule has 0 bridgehead atoms. The number of carbonyl (C=O) groups excluding carboxylic acids is 1. The van der Waals surface area contributed by atoms with Gasteiger partial charge in [-0.05, 0) is 30.5 Å². The van der Waals surface area contributed by atoms with Gasteiger partial charge in [-0.25, -0.2) is 14.4 Å². The quantitative estimate of drug-likeness (QED) is 0.773. The number of fused-ring (bicyclic) bond motifs is 2. The van der Waals surface area contributed by atoms with Crippen LogP contribution in [0, 0.1) is 5.82 Å². The molecule has 1 amide bonds. The molecule has 4 rings (SSSR count). The van der Waals surface area contributed by atoms with E-state index >= 15 is 0 Å². The van der Waals surface area contributed by atoms with Crippen molar-refractivity contribution in [1.29, 1.82) is 0 Å². The molecule has 0 radical (unpaired) electrons. The van der Waals surface area contributed by atoms with Gasteiger partial charge in [0.25, 0.3) is 0 Å². The van der Waals surface area contributed by atoms with Gasteiger partial charge in [0.05, 0.1) is 18.9 Å². The molecule has 5 nitrogen and oxygen atoms in total. The van der Waals surface area contributed by atoms with Gasteiger partial charge in [0.1, 0.15) is 4.99 Å². The maximum atomic E-state index is 12.8. The number of anilines is 1. The van der Waals surface area contributed by atoms with Crippen LogP contribution in [0.5, 0.6) is 0 Å². The maximum Gasteiger partial charge on any atom is 0.246 e. The Labute approximate surface area is 157 Å². The number of aromatic nitrogens is 2. The fourth-order valence-corrected chi connectivity index (χ4v) is 3.92. The molecule has 2 aliphatic rings. The van der Waals surface area contributed by atoms with E-state index in [-0.39, 0.29) is 23.8 Å². The van der Waals surface area contributed by atoms with Crippen LogP contribution < -0.4 is 5.32 Å². The van der Waals surface area contributed by atoms with E-state index in [9.17, 15) is 9.18 Å². The number of rotatable bonds is 3. The summed E-state index contributed by atoms with van der Waals surface area (Å²) < 4.78 is 13.9. The van der Waals surface area contributed by atoms with E-state index in [0.29, 0.717) is 4.99 Å². The molecule has 1 spiro atoms. The van der Waals surface area contributed by atoms with E-state index < -0.39 is 5.82 Å². The van der Waals surface area contributed by atoms with Gasteiger partial charge in [-0.15, -0.1) is 0 Å². The van der Waals surface area contributed by atoms with Crippen molar-refractivity contribution in [3.05, 3.63) is 52.0 Å². The van der Waals surface area contributed by atoms with Crippen LogP contribution in [0.2, 0.25) is 0 Å². The lowest BCUT2D eigenvalue weighted by Gasteiger charge is -2.36. The van der Waals surface area contributed by atoms with E-state index in [1.165, 1.54) is 5.56 Å². The number of thiocarbonyl (C=S) groups is 1. The Bertz CT molecular complexity index is 869. The number of amides is 1. The highest BCUT2D eigenvalue weighted by atomic mass is 79.9. The van der Waals surface area contributed by atoms with Gasteiger partial charge < -0.3 is 4.90 Å². The van der Waals surface area contributed by atoms with Gasteiger partial charge >= 0.3 is 0 Å². The number of hydrogen-bond donors (Lipinski definition) is 1. The average Bonchev–Trinajstić information content (AvgIpc) is 3.35. The largest absolute Gasteiger partial charge is 0.352 e. The molecule has 2 heterocycles. The van der Waals surface area contributed by atoms with Crippen molar-refractivity contribution in [3.63, 3.8) is 0 Å². The van der Waals surface area contributed by atoms with Crippen molar-refractivity contribution >= 4 is 45.0 Å². The van der Waals surface area contributed by atoms with Crippen molar-refractivity contribution < 1.29 is 9.18 Å². The Morgan fingerprint density at radius 2 is 2.08 bits per heavy atom. The highest BCUT2D eigenvalue weighted by molar-refractivity contribution is 9.10. The van der Waals surface area contributed by atoms with Gasteiger partial charge in [-0.1, -0.05) is 34.2 Å². The van der Waals surface area contributed by atoms with Crippen molar-refractivity contribution in [2.45, 2.75) is 18.3 Å². The predicted molar refractivity (Wildman–Crippen MR) is 98.9 cm³/mol. The van der Waals surface area contributed by atoms with Crippen molar-refractivity contribution in [1.82, 2.24) is 14.9 Å². The van der Waals surface area contributed by atoms with Crippen LogP contribution in [-0.4, -0.2) is 38.9 Å². The molecule has 2 aromatic rings. The molecule has 0 saturated heterocycles. The summed E-state index contributed by atoms with van der Waals surface area (Å²) in [6.45, 7) is 0.851. The first-order valence-corrected chi connectivity index (χ1v) is 9.04. The number of nitrogens with one attached hydrogen (secondary N) is 1.